The van der Waals surface area contributed by atoms with Gasteiger partial charge in [-0.3, -0.25) is 4.79 Å². The number of carbonyl (C=O) groups is 1. The zero-order chi connectivity index (χ0) is 16.8. The molecule has 0 aromatic carbocycles. The topological polar surface area (TPSA) is 63.6 Å². The number of pyridine rings is 1. The van der Waals surface area contributed by atoms with Crippen molar-refractivity contribution in [3.8, 4) is 5.75 Å². The first-order valence-corrected chi connectivity index (χ1v) is 8.18. The first kappa shape index (κ1) is 17.2. The van der Waals surface area contributed by atoms with Gasteiger partial charge in [-0.05, 0) is 32.7 Å². The Balaban J connectivity index is 2.12. The van der Waals surface area contributed by atoms with Gasteiger partial charge in [-0.1, -0.05) is 0 Å². The quantitative estimate of drug-likeness (QED) is 0.641. The van der Waals surface area contributed by atoms with Crippen molar-refractivity contribution in [2.24, 2.45) is 4.99 Å². The Hall–Kier alpha value is -2.15. The summed E-state index contributed by atoms with van der Waals surface area (Å²) in [5.74, 6) is 1.81. The summed E-state index contributed by atoms with van der Waals surface area (Å²) in [6, 6.07) is 3.37. The molecular formula is C16H18FN3O2S. The summed E-state index contributed by atoms with van der Waals surface area (Å²) in [5, 5.41) is 2.53. The van der Waals surface area contributed by atoms with Crippen molar-refractivity contribution in [3.63, 3.8) is 0 Å². The molecule has 2 rings (SSSR count). The van der Waals surface area contributed by atoms with Crippen molar-refractivity contribution in [3.05, 3.63) is 47.3 Å². The van der Waals surface area contributed by atoms with Crippen molar-refractivity contribution in [2.75, 3.05) is 11.5 Å². The van der Waals surface area contributed by atoms with E-state index >= 15 is 0 Å². The average Bonchev–Trinajstić information content (AvgIpc) is 2.46. The summed E-state index contributed by atoms with van der Waals surface area (Å²) in [4.78, 5) is 20.1. The Bertz CT molecular complexity index is 665. The molecule has 1 aliphatic rings. The third-order valence-electron chi connectivity index (χ3n) is 2.95. The Morgan fingerprint density at radius 3 is 2.83 bits per heavy atom. The van der Waals surface area contributed by atoms with Crippen molar-refractivity contribution < 1.29 is 13.9 Å². The molecule has 2 heterocycles. The Morgan fingerprint density at radius 1 is 1.52 bits per heavy atom. The van der Waals surface area contributed by atoms with Crippen LogP contribution in [0.4, 0.5) is 4.39 Å². The number of aryl methyl sites for hydroxylation is 1. The molecule has 0 radical (unpaired) electrons. The Kier molecular flexibility index (Phi) is 5.92. The van der Waals surface area contributed by atoms with Crippen LogP contribution in [0.5, 0.6) is 5.75 Å². The van der Waals surface area contributed by atoms with E-state index in [-0.39, 0.29) is 17.6 Å². The first-order chi connectivity index (χ1) is 11.0. The monoisotopic (exact) mass is 335 g/mol. The molecule has 0 bridgehead atoms. The van der Waals surface area contributed by atoms with Crippen LogP contribution in [0.15, 0.2) is 40.9 Å². The minimum absolute atomic E-state index is 0.146. The molecule has 1 fully saturated rings. The summed E-state index contributed by atoms with van der Waals surface area (Å²) >= 11 is 1.82. The average molecular weight is 335 g/mol. The second-order valence-corrected chi connectivity index (χ2v) is 6.10. The maximum absolute atomic E-state index is 12.7. The van der Waals surface area contributed by atoms with E-state index < -0.39 is 11.7 Å². The predicted octanol–water partition coefficient (Wildman–Crippen LogP) is 3.03. The highest BCUT2D eigenvalue weighted by atomic mass is 32.2. The zero-order valence-corrected chi connectivity index (χ0v) is 13.8. The molecule has 122 valence electrons. The Labute approximate surface area is 138 Å². The number of halogens is 1. The number of rotatable bonds is 6. The fraction of sp³-hybridized carbons (Fsp3) is 0.312. The van der Waals surface area contributed by atoms with Crippen molar-refractivity contribution in [2.45, 2.75) is 20.0 Å². The van der Waals surface area contributed by atoms with E-state index in [0.717, 1.165) is 11.5 Å². The van der Waals surface area contributed by atoms with Crippen molar-refractivity contribution >= 4 is 24.4 Å². The van der Waals surface area contributed by atoms with E-state index in [1.54, 1.807) is 19.1 Å². The number of nitrogens with zero attached hydrogens (tertiary/aromatic N) is 2. The van der Waals surface area contributed by atoms with Gasteiger partial charge in [-0.25, -0.2) is 14.4 Å². The summed E-state index contributed by atoms with van der Waals surface area (Å²) in [6.45, 7) is 6.43. The van der Waals surface area contributed by atoms with Gasteiger partial charge in [-0.2, -0.15) is 11.8 Å². The van der Waals surface area contributed by atoms with Crippen LogP contribution < -0.4 is 10.1 Å². The highest BCUT2D eigenvalue weighted by Gasteiger charge is 2.21. The molecule has 0 spiro atoms. The molecule has 1 aliphatic heterocycles. The molecule has 1 aromatic heterocycles. The summed E-state index contributed by atoms with van der Waals surface area (Å²) in [6.07, 6.45) is 2.70. The van der Waals surface area contributed by atoms with Crippen LogP contribution >= 0.6 is 11.8 Å². The molecule has 0 unspecified atom stereocenters. The fourth-order valence-electron chi connectivity index (χ4n) is 1.80. The molecule has 0 aliphatic carbocycles. The molecule has 23 heavy (non-hydrogen) atoms. The fourth-order valence-corrected chi connectivity index (χ4v) is 2.37. The molecule has 1 N–H and O–H groups in total. The molecule has 0 atom stereocenters. The second kappa shape index (κ2) is 7.92. The van der Waals surface area contributed by atoms with Gasteiger partial charge in [0.05, 0.1) is 5.83 Å². The van der Waals surface area contributed by atoms with Crippen LogP contribution in [0.25, 0.3) is 0 Å². The Morgan fingerprint density at radius 2 is 2.26 bits per heavy atom. The normalized spacial score (nSPS) is 15.8. The lowest BCUT2D eigenvalue weighted by Gasteiger charge is -2.26. The largest absolute Gasteiger partial charge is 0.489 e. The van der Waals surface area contributed by atoms with Gasteiger partial charge in [0.1, 0.15) is 23.4 Å². The number of amides is 1. The van der Waals surface area contributed by atoms with Gasteiger partial charge in [0, 0.05) is 29.3 Å². The molecule has 0 saturated carbocycles. The van der Waals surface area contributed by atoms with Gasteiger partial charge in [-0.15, -0.1) is 0 Å². The number of aromatic nitrogens is 1. The number of allylic oxidation sites excluding steroid dienone is 3. The third-order valence-corrected chi connectivity index (χ3v) is 4.17. The van der Waals surface area contributed by atoms with E-state index in [0.29, 0.717) is 11.4 Å². The SMILES string of the molecule is C=N/C(=C\C=C(/C)F)NC(=O)c1cc(OC2CSC2)cc(C)n1. The van der Waals surface area contributed by atoms with Gasteiger partial charge in [0.25, 0.3) is 5.91 Å². The first-order valence-electron chi connectivity index (χ1n) is 7.03. The van der Waals surface area contributed by atoms with Crippen molar-refractivity contribution in [1.82, 2.24) is 10.3 Å². The lowest BCUT2D eigenvalue weighted by Crippen LogP contribution is -2.31. The predicted molar refractivity (Wildman–Crippen MR) is 90.7 cm³/mol. The van der Waals surface area contributed by atoms with Gasteiger partial charge < -0.3 is 10.1 Å². The minimum atomic E-state index is -0.454. The van der Waals surface area contributed by atoms with E-state index in [9.17, 15) is 9.18 Å². The zero-order valence-electron chi connectivity index (χ0n) is 13.0. The molecule has 7 heteroatoms. The second-order valence-electron chi connectivity index (χ2n) is 5.02. The minimum Gasteiger partial charge on any atom is -0.489 e. The number of ether oxygens (including phenoxy) is 1. The van der Waals surface area contributed by atoms with Crippen LogP contribution in [-0.2, 0) is 0 Å². The summed E-state index contributed by atoms with van der Waals surface area (Å²) in [7, 11) is 0. The lowest BCUT2D eigenvalue weighted by molar-refractivity contribution is 0.0959. The van der Waals surface area contributed by atoms with Crippen LogP contribution in [-0.4, -0.2) is 35.2 Å². The highest BCUT2D eigenvalue weighted by Crippen LogP contribution is 2.24. The smallest absolute Gasteiger partial charge is 0.275 e. The van der Waals surface area contributed by atoms with Crippen LogP contribution in [0.3, 0.4) is 0 Å². The number of hydrogen-bond acceptors (Lipinski definition) is 5. The molecular weight excluding hydrogens is 317 g/mol. The van der Waals surface area contributed by atoms with E-state index in [1.165, 1.54) is 19.1 Å². The highest BCUT2D eigenvalue weighted by molar-refractivity contribution is 8.00. The third kappa shape index (κ3) is 5.21. The lowest BCUT2D eigenvalue weighted by atomic mass is 10.2. The molecule has 1 aromatic rings. The van der Waals surface area contributed by atoms with Crippen LogP contribution in [0, 0.1) is 6.92 Å². The number of thioether (sulfide) groups is 1. The molecule has 1 amide bonds. The summed E-state index contributed by atoms with van der Waals surface area (Å²) < 4.78 is 18.5. The number of carbonyl (C=O) groups excluding carboxylic acids is 1. The van der Waals surface area contributed by atoms with Gasteiger partial charge in [0.2, 0.25) is 0 Å². The number of nitrogens with one attached hydrogen (secondary N) is 1. The maximum Gasteiger partial charge on any atom is 0.275 e. The van der Waals surface area contributed by atoms with Crippen LogP contribution in [0.1, 0.15) is 23.1 Å². The molecule has 5 nitrogen and oxygen atoms in total. The van der Waals surface area contributed by atoms with Crippen molar-refractivity contribution in [1.29, 1.82) is 0 Å². The van der Waals surface area contributed by atoms with E-state index in [1.807, 2.05) is 11.8 Å². The van der Waals surface area contributed by atoms with E-state index in [2.05, 4.69) is 22.0 Å². The standard InChI is InChI=1S/C16H18FN3O2S/c1-10(17)4-5-15(18-3)20-16(21)14-7-12(6-11(2)19-14)22-13-8-23-9-13/h4-7,13H,3,8-9H2,1-2H3,(H,20,21)/b10-4+,15-5+. The summed E-state index contributed by atoms with van der Waals surface area (Å²) in [5.41, 5.74) is 0.888. The van der Waals surface area contributed by atoms with E-state index in [4.69, 9.17) is 4.74 Å². The maximum atomic E-state index is 12.7. The number of hydrogen-bond donors (Lipinski definition) is 1. The molecule has 1 saturated heterocycles. The van der Waals surface area contributed by atoms with Gasteiger partial charge in [0.15, 0.2) is 0 Å². The number of aliphatic imine (C=N–C) groups is 1. The van der Waals surface area contributed by atoms with Gasteiger partial charge >= 0.3 is 0 Å². The van der Waals surface area contributed by atoms with Crippen LogP contribution in [0.2, 0.25) is 0 Å².